The molecular formula is C9H4BrClF6. The Morgan fingerprint density at radius 1 is 0.941 bits per heavy atom. The Morgan fingerprint density at radius 2 is 1.41 bits per heavy atom. The number of rotatable bonds is 1. The van der Waals surface area contributed by atoms with E-state index in [1.807, 2.05) is 0 Å². The average molecular weight is 341 g/mol. The zero-order valence-corrected chi connectivity index (χ0v) is 10.2. The summed E-state index contributed by atoms with van der Waals surface area (Å²) in [6.45, 7) is 0. The predicted octanol–water partition coefficient (Wildman–Crippen LogP) is 5.27. The minimum absolute atomic E-state index is 0.293. The molecule has 0 radical (unpaired) electrons. The minimum Gasteiger partial charge on any atom is -0.166 e. The number of halogens is 8. The van der Waals surface area contributed by atoms with Crippen molar-refractivity contribution in [3.8, 4) is 0 Å². The van der Waals surface area contributed by atoms with Crippen LogP contribution in [0.3, 0.4) is 0 Å². The molecule has 0 spiro atoms. The van der Waals surface area contributed by atoms with Gasteiger partial charge in [0.1, 0.15) is 0 Å². The zero-order valence-electron chi connectivity index (χ0n) is 7.89. The van der Waals surface area contributed by atoms with Crippen molar-refractivity contribution in [3.63, 3.8) is 0 Å². The van der Waals surface area contributed by atoms with E-state index in [-0.39, 0.29) is 5.33 Å². The molecule has 17 heavy (non-hydrogen) atoms. The lowest BCUT2D eigenvalue weighted by atomic mass is 10.0. The first kappa shape index (κ1) is 14.6. The fraction of sp³-hybridized carbons (Fsp3) is 0.333. The Kier molecular flexibility index (Phi) is 4.03. The molecule has 1 aromatic rings. The van der Waals surface area contributed by atoms with Crippen LogP contribution in [0.25, 0.3) is 0 Å². The molecule has 0 aromatic heterocycles. The molecule has 0 saturated heterocycles. The number of hydrogen-bond acceptors (Lipinski definition) is 0. The van der Waals surface area contributed by atoms with Crippen LogP contribution in [-0.2, 0) is 17.7 Å². The quantitative estimate of drug-likeness (QED) is 0.482. The Labute approximate surface area is 106 Å². The highest BCUT2D eigenvalue weighted by Crippen LogP contribution is 2.41. The highest BCUT2D eigenvalue weighted by Gasteiger charge is 2.38. The standard InChI is InChI=1S/C9H4BrClF6/c10-3-4-1-6(9(15,16)17)7(11)2-5(4)8(12,13)14/h1-2H,3H2. The van der Waals surface area contributed by atoms with Crippen molar-refractivity contribution in [2.24, 2.45) is 0 Å². The lowest BCUT2D eigenvalue weighted by molar-refractivity contribution is -0.141. The first-order valence-electron chi connectivity index (χ1n) is 4.10. The predicted molar refractivity (Wildman–Crippen MR) is 54.1 cm³/mol. The molecular weight excluding hydrogens is 337 g/mol. The molecule has 0 aliphatic rings. The third kappa shape index (κ3) is 3.28. The van der Waals surface area contributed by atoms with Crippen molar-refractivity contribution in [3.05, 3.63) is 33.8 Å². The molecule has 0 N–H and O–H groups in total. The van der Waals surface area contributed by atoms with E-state index < -0.39 is 34.1 Å². The van der Waals surface area contributed by atoms with E-state index in [2.05, 4.69) is 15.9 Å². The number of alkyl halides is 7. The van der Waals surface area contributed by atoms with Gasteiger partial charge in [-0.1, -0.05) is 27.5 Å². The molecule has 0 fully saturated rings. The maximum Gasteiger partial charge on any atom is 0.417 e. The molecule has 0 unspecified atom stereocenters. The summed E-state index contributed by atoms with van der Waals surface area (Å²) in [5.74, 6) is 0. The van der Waals surface area contributed by atoms with Crippen LogP contribution in [0, 0.1) is 0 Å². The molecule has 0 amide bonds. The maximum atomic E-state index is 12.5. The van der Waals surface area contributed by atoms with Gasteiger partial charge in [-0.15, -0.1) is 0 Å². The van der Waals surface area contributed by atoms with Gasteiger partial charge in [0.2, 0.25) is 0 Å². The van der Waals surface area contributed by atoms with E-state index in [4.69, 9.17) is 11.6 Å². The molecule has 1 rings (SSSR count). The second kappa shape index (κ2) is 4.68. The Balaban J connectivity index is 3.46. The van der Waals surface area contributed by atoms with Gasteiger partial charge >= 0.3 is 12.4 Å². The highest BCUT2D eigenvalue weighted by atomic mass is 79.9. The van der Waals surface area contributed by atoms with Crippen LogP contribution in [0.5, 0.6) is 0 Å². The smallest absolute Gasteiger partial charge is 0.166 e. The maximum absolute atomic E-state index is 12.5. The second-order valence-corrected chi connectivity index (χ2v) is 4.09. The fourth-order valence-electron chi connectivity index (χ4n) is 1.21. The van der Waals surface area contributed by atoms with E-state index in [1.54, 1.807) is 0 Å². The van der Waals surface area contributed by atoms with Crippen LogP contribution in [0.15, 0.2) is 12.1 Å². The molecule has 0 aliphatic carbocycles. The van der Waals surface area contributed by atoms with Gasteiger partial charge < -0.3 is 0 Å². The van der Waals surface area contributed by atoms with Crippen LogP contribution in [0.1, 0.15) is 16.7 Å². The molecule has 0 nitrogen and oxygen atoms in total. The van der Waals surface area contributed by atoms with Crippen LogP contribution >= 0.6 is 27.5 Å². The summed E-state index contributed by atoms with van der Waals surface area (Å²) in [6, 6.07) is 0.695. The Bertz CT molecular complexity index is 423. The minimum atomic E-state index is -4.78. The van der Waals surface area contributed by atoms with Crippen molar-refractivity contribution in [2.75, 3.05) is 0 Å². The summed E-state index contributed by atoms with van der Waals surface area (Å²) in [5, 5.41) is -1.31. The zero-order chi connectivity index (χ0) is 13.4. The summed E-state index contributed by atoms with van der Waals surface area (Å²) in [4.78, 5) is 0. The van der Waals surface area contributed by atoms with Gasteiger partial charge in [-0.2, -0.15) is 26.3 Å². The summed E-state index contributed by atoms with van der Waals surface area (Å²) in [5.41, 5.74) is -2.96. The number of benzene rings is 1. The van der Waals surface area contributed by atoms with Gasteiger partial charge in [-0.3, -0.25) is 0 Å². The lowest BCUT2D eigenvalue weighted by Crippen LogP contribution is -2.13. The van der Waals surface area contributed by atoms with Gasteiger partial charge in [0.05, 0.1) is 16.1 Å². The van der Waals surface area contributed by atoms with Gasteiger partial charge in [-0.05, 0) is 17.7 Å². The summed E-state index contributed by atoms with van der Waals surface area (Å²) >= 11 is 7.93. The van der Waals surface area contributed by atoms with E-state index >= 15 is 0 Å². The third-order valence-electron chi connectivity index (χ3n) is 1.95. The van der Waals surface area contributed by atoms with Crippen molar-refractivity contribution < 1.29 is 26.3 Å². The third-order valence-corrected chi connectivity index (χ3v) is 2.86. The lowest BCUT2D eigenvalue weighted by Gasteiger charge is -2.16. The van der Waals surface area contributed by atoms with Crippen molar-refractivity contribution >= 4 is 27.5 Å². The average Bonchev–Trinajstić information content (AvgIpc) is 2.14. The molecule has 96 valence electrons. The molecule has 1 aromatic carbocycles. The van der Waals surface area contributed by atoms with Crippen molar-refractivity contribution in [1.82, 2.24) is 0 Å². The summed E-state index contributed by atoms with van der Waals surface area (Å²) < 4.78 is 74.7. The van der Waals surface area contributed by atoms with Gasteiger partial charge in [0.25, 0.3) is 0 Å². The largest absolute Gasteiger partial charge is 0.417 e. The first-order valence-corrected chi connectivity index (χ1v) is 5.60. The first-order chi connectivity index (χ1) is 7.57. The summed E-state index contributed by atoms with van der Waals surface area (Å²) in [7, 11) is 0. The highest BCUT2D eigenvalue weighted by molar-refractivity contribution is 9.08. The monoisotopic (exact) mass is 340 g/mol. The van der Waals surface area contributed by atoms with E-state index in [0.717, 1.165) is 0 Å². The topological polar surface area (TPSA) is 0 Å². The molecule has 0 bridgehead atoms. The molecule has 0 atom stereocenters. The number of hydrogen-bond donors (Lipinski definition) is 0. The second-order valence-electron chi connectivity index (χ2n) is 3.12. The van der Waals surface area contributed by atoms with Gasteiger partial charge in [0.15, 0.2) is 0 Å². The van der Waals surface area contributed by atoms with Gasteiger partial charge in [-0.25, -0.2) is 0 Å². The molecule has 8 heteroatoms. The van der Waals surface area contributed by atoms with Crippen LogP contribution in [0.4, 0.5) is 26.3 Å². The van der Waals surface area contributed by atoms with Crippen LogP contribution in [0.2, 0.25) is 5.02 Å². The van der Waals surface area contributed by atoms with E-state index in [1.165, 1.54) is 0 Å². The van der Waals surface area contributed by atoms with Crippen LogP contribution in [-0.4, -0.2) is 0 Å². The van der Waals surface area contributed by atoms with E-state index in [0.29, 0.717) is 12.1 Å². The fourth-order valence-corrected chi connectivity index (χ4v) is 1.94. The molecule has 0 saturated carbocycles. The SMILES string of the molecule is FC(F)(F)c1cc(CBr)c(C(F)(F)F)cc1Cl. The van der Waals surface area contributed by atoms with E-state index in [9.17, 15) is 26.3 Å². The summed E-state index contributed by atoms with van der Waals surface area (Å²) in [6.07, 6.45) is -9.52. The molecule has 0 aliphatic heterocycles. The van der Waals surface area contributed by atoms with Crippen molar-refractivity contribution in [2.45, 2.75) is 17.7 Å². The normalized spacial score (nSPS) is 12.9. The molecule has 0 heterocycles. The Hall–Kier alpha value is -0.430. The van der Waals surface area contributed by atoms with Crippen molar-refractivity contribution in [1.29, 1.82) is 0 Å². The van der Waals surface area contributed by atoms with Gasteiger partial charge in [0, 0.05) is 5.33 Å². The van der Waals surface area contributed by atoms with Crippen LogP contribution < -0.4 is 0 Å². The Morgan fingerprint density at radius 3 is 1.76 bits per heavy atom.